The van der Waals surface area contributed by atoms with Crippen LogP contribution in [0, 0.1) is 0 Å². The third-order valence-corrected chi connectivity index (χ3v) is 3.57. The zero-order valence-corrected chi connectivity index (χ0v) is 11.8. The molecular weight excluding hydrogens is 309 g/mol. The van der Waals surface area contributed by atoms with Gasteiger partial charge in [0.05, 0.1) is 27.2 Å². The fourth-order valence-corrected chi connectivity index (χ4v) is 2.06. The van der Waals surface area contributed by atoms with E-state index in [1.54, 1.807) is 24.3 Å². The number of nitrogens with zero attached hydrogens (tertiary/aromatic N) is 1. The lowest BCUT2D eigenvalue weighted by atomic mass is 10.1. The number of pyridine rings is 1. The minimum atomic E-state index is -0.951. The van der Waals surface area contributed by atoms with Gasteiger partial charge in [-0.3, -0.25) is 9.78 Å². The van der Waals surface area contributed by atoms with Crippen LogP contribution in [0.5, 0.6) is 0 Å². The summed E-state index contributed by atoms with van der Waals surface area (Å²) < 4.78 is 0. The number of aliphatic carboxylic acids is 1. The van der Waals surface area contributed by atoms with E-state index in [1.165, 1.54) is 6.20 Å². The number of benzene rings is 1. The second kappa shape index (κ2) is 5.78. The largest absolute Gasteiger partial charge is 0.481 e. The van der Waals surface area contributed by atoms with E-state index in [0.717, 1.165) is 5.56 Å². The number of carboxylic acids is 1. The normalized spacial score (nSPS) is 10.5. The Morgan fingerprint density at radius 1 is 1.11 bits per heavy atom. The Hall–Kier alpha value is -1.29. The summed E-state index contributed by atoms with van der Waals surface area (Å²) in [5.74, 6) is -0.951. The SMILES string of the molecule is O=C(O)Cc1cc(-c2ccc(Cl)c(Cl)c2)ncc1Cl. The van der Waals surface area contributed by atoms with Crippen molar-refractivity contribution in [1.29, 1.82) is 0 Å². The van der Waals surface area contributed by atoms with Crippen LogP contribution in [-0.4, -0.2) is 16.1 Å². The van der Waals surface area contributed by atoms with E-state index in [9.17, 15) is 4.79 Å². The highest BCUT2D eigenvalue weighted by molar-refractivity contribution is 6.42. The summed E-state index contributed by atoms with van der Waals surface area (Å²) in [5.41, 5.74) is 1.85. The summed E-state index contributed by atoms with van der Waals surface area (Å²) in [7, 11) is 0. The van der Waals surface area contributed by atoms with Gasteiger partial charge >= 0.3 is 5.97 Å². The highest BCUT2D eigenvalue weighted by Gasteiger charge is 2.10. The summed E-state index contributed by atoms with van der Waals surface area (Å²) >= 11 is 17.7. The second-order valence-corrected chi connectivity index (χ2v) is 5.08. The fraction of sp³-hybridized carbons (Fsp3) is 0.0769. The molecule has 0 aliphatic rings. The molecule has 0 atom stereocenters. The summed E-state index contributed by atoms with van der Waals surface area (Å²) in [4.78, 5) is 14.9. The number of hydrogen-bond acceptors (Lipinski definition) is 2. The zero-order valence-electron chi connectivity index (χ0n) is 9.53. The first-order chi connectivity index (χ1) is 8.97. The van der Waals surface area contributed by atoms with Gasteiger partial charge in [0.15, 0.2) is 0 Å². The second-order valence-electron chi connectivity index (χ2n) is 3.86. The van der Waals surface area contributed by atoms with Gasteiger partial charge < -0.3 is 5.11 Å². The lowest BCUT2D eigenvalue weighted by Crippen LogP contribution is -2.01. The van der Waals surface area contributed by atoms with Crippen LogP contribution in [0.4, 0.5) is 0 Å². The molecule has 0 spiro atoms. The van der Waals surface area contributed by atoms with Crippen LogP contribution in [0.3, 0.4) is 0 Å². The number of halogens is 3. The van der Waals surface area contributed by atoms with Crippen LogP contribution in [0.25, 0.3) is 11.3 Å². The summed E-state index contributed by atoms with van der Waals surface area (Å²) in [6, 6.07) is 6.72. The molecule has 0 fully saturated rings. The third-order valence-electron chi connectivity index (χ3n) is 2.49. The first-order valence-corrected chi connectivity index (χ1v) is 6.42. The molecule has 0 radical (unpaired) electrons. The van der Waals surface area contributed by atoms with E-state index < -0.39 is 5.97 Å². The number of carboxylic acid groups (broad SMARTS) is 1. The number of rotatable bonds is 3. The van der Waals surface area contributed by atoms with E-state index in [1.807, 2.05) is 0 Å². The Bertz CT molecular complexity index is 644. The van der Waals surface area contributed by atoms with Crippen LogP contribution in [0.1, 0.15) is 5.56 Å². The van der Waals surface area contributed by atoms with Crippen LogP contribution < -0.4 is 0 Å². The average Bonchev–Trinajstić information content (AvgIpc) is 2.35. The van der Waals surface area contributed by atoms with E-state index in [4.69, 9.17) is 39.9 Å². The Balaban J connectivity index is 2.44. The molecule has 0 aliphatic carbocycles. The van der Waals surface area contributed by atoms with Gasteiger partial charge in [-0.15, -0.1) is 0 Å². The number of aromatic nitrogens is 1. The molecule has 0 aliphatic heterocycles. The van der Waals surface area contributed by atoms with Gasteiger partial charge in [-0.2, -0.15) is 0 Å². The summed E-state index contributed by atoms with van der Waals surface area (Å²) in [6.07, 6.45) is 1.27. The molecule has 1 heterocycles. The van der Waals surface area contributed by atoms with Gasteiger partial charge in [0.1, 0.15) is 0 Å². The van der Waals surface area contributed by atoms with Crippen LogP contribution in [0.15, 0.2) is 30.5 Å². The van der Waals surface area contributed by atoms with E-state index in [0.29, 0.717) is 26.3 Å². The minimum Gasteiger partial charge on any atom is -0.481 e. The first kappa shape index (κ1) is 14.1. The van der Waals surface area contributed by atoms with Crippen molar-refractivity contribution >= 4 is 40.8 Å². The standard InChI is InChI=1S/C13H8Cl3NO2/c14-9-2-1-7(3-10(9)15)12-4-8(5-13(18)19)11(16)6-17-12/h1-4,6H,5H2,(H,18,19). The molecule has 0 bridgehead atoms. The average molecular weight is 317 g/mol. The smallest absolute Gasteiger partial charge is 0.307 e. The molecule has 1 aromatic heterocycles. The topological polar surface area (TPSA) is 50.2 Å². The van der Waals surface area contributed by atoms with E-state index in [2.05, 4.69) is 4.98 Å². The van der Waals surface area contributed by atoms with Gasteiger partial charge in [0.25, 0.3) is 0 Å². The maximum Gasteiger partial charge on any atom is 0.307 e. The monoisotopic (exact) mass is 315 g/mol. The van der Waals surface area contributed by atoms with Gasteiger partial charge in [-0.1, -0.05) is 40.9 Å². The van der Waals surface area contributed by atoms with Crippen LogP contribution in [-0.2, 0) is 11.2 Å². The highest BCUT2D eigenvalue weighted by atomic mass is 35.5. The van der Waals surface area contributed by atoms with E-state index >= 15 is 0 Å². The Kier molecular flexibility index (Phi) is 4.30. The zero-order chi connectivity index (χ0) is 14.0. The highest BCUT2D eigenvalue weighted by Crippen LogP contribution is 2.29. The molecule has 0 amide bonds. The lowest BCUT2D eigenvalue weighted by molar-refractivity contribution is -0.136. The molecule has 6 heteroatoms. The Labute approximate surface area is 124 Å². The molecule has 2 aromatic rings. The van der Waals surface area contributed by atoms with Gasteiger partial charge in [-0.05, 0) is 23.8 Å². The van der Waals surface area contributed by atoms with Gasteiger partial charge in [-0.25, -0.2) is 0 Å². The quantitative estimate of drug-likeness (QED) is 0.916. The number of hydrogen-bond donors (Lipinski definition) is 1. The van der Waals surface area contributed by atoms with Crippen molar-refractivity contribution in [2.75, 3.05) is 0 Å². The molecule has 0 unspecified atom stereocenters. The van der Waals surface area contributed by atoms with Gasteiger partial charge in [0.2, 0.25) is 0 Å². The van der Waals surface area contributed by atoms with Crippen molar-refractivity contribution < 1.29 is 9.90 Å². The minimum absolute atomic E-state index is 0.157. The van der Waals surface area contributed by atoms with E-state index in [-0.39, 0.29) is 6.42 Å². The Morgan fingerprint density at radius 3 is 2.47 bits per heavy atom. The predicted molar refractivity (Wildman–Crippen MR) is 76.0 cm³/mol. The molecule has 0 saturated heterocycles. The molecule has 2 rings (SSSR count). The third kappa shape index (κ3) is 3.38. The van der Waals surface area contributed by atoms with Gasteiger partial charge in [0, 0.05) is 11.8 Å². The molecular formula is C13H8Cl3NO2. The van der Waals surface area contributed by atoms with Crippen molar-refractivity contribution in [1.82, 2.24) is 4.98 Å². The lowest BCUT2D eigenvalue weighted by Gasteiger charge is -2.06. The van der Waals surface area contributed by atoms with Crippen molar-refractivity contribution in [2.45, 2.75) is 6.42 Å². The van der Waals surface area contributed by atoms with Crippen LogP contribution in [0.2, 0.25) is 15.1 Å². The molecule has 1 aromatic carbocycles. The fourth-order valence-electron chi connectivity index (χ4n) is 1.59. The van der Waals surface area contributed by atoms with Crippen LogP contribution >= 0.6 is 34.8 Å². The molecule has 19 heavy (non-hydrogen) atoms. The Morgan fingerprint density at radius 2 is 1.84 bits per heavy atom. The van der Waals surface area contributed by atoms with Crippen molar-refractivity contribution in [2.24, 2.45) is 0 Å². The summed E-state index contributed by atoms with van der Waals surface area (Å²) in [5, 5.41) is 10.0. The maximum atomic E-state index is 10.7. The molecule has 0 saturated carbocycles. The van der Waals surface area contributed by atoms with Crippen molar-refractivity contribution in [3.8, 4) is 11.3 Å². The maximum absolute atomic E-state index is 10.7. The summed E-state index contributed by atoms with van der Waals surface area (Å²) in [6.45, 7) is 0. The predicted octanol–water partition coefficient (Wildman–Crippen LogP) is 4.34. The molecule has 1 N–H and O–H groups in total. The first-order valence-electron chi connectivity index (χ1n) is 5.29. The molecule has 98 valence electrons. The van der Waals surface area contributed by atoms with Crippen molar-refractivity contribution in [3.63, 3.8) is 0 Å². The molecule has 3 nitrogen and oxygen atoms in total. The van der Waals surface area contributed by atoms with Crippen molar-refractivity contribution in [3.05, 3.63) is 51.1 Å². The number of carbonyl (C=O) groups is 1.